The van der Waals surface area contributed by atoms with Gasteiger partial charge in [0, 0.05) is 42.6 Å². The summed E-state index contributed by atoms with van der Waals surface area (Å²) in [6, 6.07) is 15.2. The van der Waals surface area contributed by atoms with Gasteiger partial charge in [0.05, 0.1) is 11.7 Å². The van der Waals surface area contributed by atoms with Crippen molar-refractivity contribution in [1.29, 1.82) is 0 Å². The third-order valence-corrected chi connectivity index (χ3v) is 7.07. The van der Waals surface area contributed by atoms with E-state index in [1.165, 1.54) is 23.6 Å². The highest BCUT2D eigenvalue weighted by molar-refractivity contribution is 7.14. The number of amides is 1. The second-order valence-corrected chi connectivity index (χ2v) is 9.63. The number of benzene rings is 1. The molecule has 1 saturated heterocycles. The number of anilines is 2. The molecule has 1 amide bonds. The van der Waals surface area contributed by atoms with Crippen molar-refractivity contribution in [2.45, 2.75) is 38.4 Å². The third-order valence-electron chi connectivity index (χ3n) is 6.29. The average molecular weight is 491 g/mol. The van der Waals surface area contributed by atoms with Crippen molar-refractivity contribution < 1.29 is 9.18 Å². The van der Waals surface area contributed by atoms with Crippen molar-refractivity contribution in [1.82, 2.24) is 14.5 Å². The van der Waals surface area contributed by atoms with Crippen LogP contribution in [-0.4, -0.2) is 27.0 Å². The van der Waals surface area contributed by atoms with Gasteiger partial charge in [-0.2, -0.15) is 4.39 Å². The van der Waals surface area contributed by atoms with Crippen LogP contribution >= 0.6 is 11.3 Å². The molecule has 3 N–H and O–H groups in total. The van der Waals surface area contributed by atoms with Crippen LogP contribution in [-0.2, 0) is 6.54 Å². The van der Waals surface area contributed by atoms with Crippen LogP contribution in [0.3, 0.4) is 0 Å². The van der Waals surface area contributed by atoms with E-state index in [0.717, 1.165) is 41.9 Å². The number of halogens is 1. The first-order chi connectivity index (χ1) is 17.0. The Hall–Kier alpha value is -3.56. The number of rotatable bonds is 7. The van der Waals surface area contributed by atoms with Crippen LogP contribution < -0.4 is 16.0 Å². The van der Waals surface area contributed by atoms with E-state index in [0.29, 0.717) is 17.4 Å². The van der Waals surface area contributed by atoms with Gasteiger partial charge in [0.1, 0.15) is 5.69 Å². The zero-order valence-electron chi connectivity index (χ0n) is 19.4. The molecule has 1 aliphatic heterocycles. The van der Waals surface area contributed by atoms with E-state index >= 15 is 0 Å². The van der Waals surface area contributed by atoms with Gasteiger partial charge in [-0.1, -0.05) is 12.1 Å². The Morgan fingerprint density at radius 1 is 1.29 bits per heavy atom. The van der Waals surface area contributed by atoms with Crippen LogP contribution in [0, 0.1) is 5.95 Å². The molecule has 4 aromatic rings. The van der Waals surface area contributed by atoms with Crippen LogP contribution in [0.15, 0.2) is 66.3 Å². The van der Waals surface area contributed by atoms with Crippen LogP contribution in [0.2, 0.25) is 0 Å². The largest absolute Gasteiger partial charge is 0.363 e. The van der Waals surface area contributed by atoms with Gasteiger partial charge in [0.25, 0.3) is 5.91 Å². The molecule has 0 radical (unpaired) electrons. The maximum absolute atomic E-state index is 13.4. The minimum Gasteiger partial charge on any atom is -0.363 e. The number of carbonyl (C=O) groups excluding carboxylic acids is 1. The molecule has 5 rings (SSSR count). The number of nitrogens with one attached hydrogen (secondary N) is 1. The quantitative estimate of drug-likeness (QED) is 0.350. The summed E-state index contributed by atoms with van der Waals surface area (Å²) < 4.78 is 15.2. The second-order valence-electron chi connectivity index (χ2n) is 8.77. The topological polar surface area (TPSA) is 89.1 Å². The zero-order chi connectivity index (χ0) is 24.4. The van der Waals surface area contributed by atoms with Gasteiger partial charge in [0.15, 0.2) is 5.13 Å². The summed E-state index contributed by atoms with van der Waals surface area (Å²) in [7, 11) is 0. The van der Waals surface area contributed by atoms with Crippen LogP contribution in [0.25, 0.3) is 0 Å². The van der Waals surface area contributed by atoms with E-state index < -0.39 is 5.95 Å². The molecule has 2 atom stereocenters. The molecule has 4 heterocycles. The van der Waals surface area contributed by atoms with E-state index in [2.05, 4.69) is 39.5 Å². The van der Waals surface area contributed by atoms with Crippen molar-refractivity contribution in [3.05, 3.63) is 94.8 Å². The van der Waals surface area contributed by atoms with Gasteiger partial charge in [0.2, 0.25) is 5.95 Å². The standard InChI is InChI=1S/C26H27FN6OS/c1-17(28)19-6-8-20(9-7-19)33-13-3-4-22(33)21-16-35-26(30-21)31-25(34)23-5-2-12-32(23)15-18-10-11-29-24(27)14-18/h2,5-12,14,16-17,22H,3-4,13,15,28H2,1H3,(H,30,31,34)/t17-,22?/m1/s1. The molecule has 0 aliphatic carbocycles. The summed E-state index contributed by atoms with van der Waals surface area (Å²) in [6.45, 7) is 3.32. The number of carbonyl (C=O) groups is 1. The number of aromatic nitrogens is 3. The third kappa shape index (κ3) is 5.11. The van der Waals surface area contributed by atoms with Crippen LogP contribution in [0.4, 0.5) is 15.2 Å². The van der Waals surface area contributed by atoms with Gasteiger partial charge >= 0.3 is 0 Å². The van der Waals surface area contributed by atoms with E-state index in [9.17, 15) is 9.18 Å². The monoisotopic (exact) mass is 490 g/mol. The second kappa shape index (κ2) is 9.97. The first kappa shape index (κ1) is 23.2. The fourth-order valence-corrected chi connectivity index (χ4v) is 5.26. The lowest BCUT2D eigenvalue weighted by molar-refractivity contribution is 0.101. The summed E-state index contributed by atoms with van der Waals surface area (Å²) >= 11 is 1.42. The molecule has 9 heteroatoms. The first-order valence-electron chi connectivity index (χ1n) is 11.6. The SMILES string of the molecule is C[C@@H](N)c1ccc(N2CCCC2c2csc(NC(=O)c3cccn3Cc3ccnc(F)c3)n2)cc1. The molecule has 0 bridgehead atoms. The van der Waals surface area contributed by atoms with Crippen molar-refractivity contribution in [2.75, 3.05) is 16.8 Å². The summed E-state index contributed by atoms with van der Waals surface area (Å²) in [5, 5.41) is 5.51. The lowest BCUT2D eigenvalue weighted by Gasteiger charge is -2.26. The van der Waals surface area contributed by atoms with Gasteiger partial charge in [-0.05, 0) is 67.3 Å². The van der Waals surface area contributed by atoms with Crippen LogP contribution in [0.5, 0.6) is 0 Å². The summed E-state index contributed by atoms with van der Waals surface area (Å²) in [5.41, 5.74) is 10.4. The highest BCUT2D eigenvalue weighted by Crippen LogP contribution is 2.37. The lowest BCUT2D eigenvalue weighted by atomic mass is 10.1. The molecule has 3 aromatic heterocycles. The molecular formula is C26H27FN6OS. The zero-order valence-corrected chi connectivity index (χ0v) is 20.2. The summed E-state index contributed by atoms with van der Waals surface area (Å²) in [6.07, 6.45) is 5.32. The Labute approximate surface area is 207 Å². The van der Waals surface area contributed by atoms with Crippen molar-refractivity contribution >= 4 is 28.1 Å². The number of hydrogen-bond acceptors (Lipinski definition) is 6. The molecule has 7 nitrogen and oxygen atoms in total. The number of pyridine rings is 1. The van der Waals surface area contributed by atoms with Gasteiger partial charge < -0.3 is 15.2 Å². The van der Waals surface area contributed by atoms with E-state index in [1.807, 2.05) is 12.3 Å². The Morgan fingerprint density at radius 2 is 2.11 bits per heavy atom. The Kier molecular flexibility index (Phi) is 6.61. The minimum atomic E-state index is -0.540. The van der Waals surface area contributed by atoms with Gasteiger partial charge in [-0.25, -0.2) is 9.97 Å². The smallest absolute Gasteiger partial charge is 0.274 e. The molecule has 180 valence electrons. The number of hydrogen-bond donors (Lipinski definition) is 2. The highest BCUT2D eigenvalue weighted by atomic mass is 32.1. The predicted octanol–water partition coefficient (Wildman–Crippen LogP) is 5.14. The van der Waals surface area contributed by atoms with Crippen molar-refractivity contribution in [3.8, 4) is 0 Å². The normalized spacial score (nSPS) is 16.4. The minimum absolute atomic E-state index is 0.00936. The predicted molar refractivity (Wildman–Crippen MR) is 136 cm³/mol. The average Bonchev–Trinajstić information content (AvgIpc) is 3.60. The van der Waals surface area contributed by atoms with Crippen molar-refractivity contribution in [3.63, 3.8) is 0 Å². The summed E-state index contributed by atoms with van der Waals surface area (Å²) in [5.74, 6) is -0.790. The van der Waals surface area contributed by atoms with E-state index in [-0.39, 0.29) is 18.0 Å². The maximum atomic E-state index is 13.4. The Morgan fingerprint density at radius 3 is 2.89 bits per heavy atom. The lowest BCUT2D eigenvalue weighted by Crippen LogP contribution is -2.23. The number of thiazole rings is 1. The summed E-state index contributed by atoms with van der Waals surface area (Å²) in [4.78, 5) is 23.7. The molecular weight excluding hydrogens is 463 g/mol. The molecule has 1 aromatic carbocycles. The molecule has 0 saturated carbocycles. The van der Waals surface area contributed by atoms with Gasteiger partial charge in [-0.3, -0.25) is 10.1 Å². The highest BCUT2D eigenvalue weighted by Gasteiger charge is 2.28. The Bertz CT molecular complexity index is 1320. The fraction of sp³-hybridized carbons (Fsp3) is 0.269. The maximum Gasteiger partial charge on any atom is 0.274 e. The molecule has 35 heavy (non-hydrogen) atoms. The van der Waals surface area contributed by atoms with Crippen LogP contribution in [0.1, 0.15) is 59.2 Å². The fourth-order valence-electron chi connectivity index (χ4n) is 4.51. The molecule has 1 aliphatic rings. The van der Waals surface area contributed by atoms with Gasteiger partial charge in [-0.15, -0.1) is 11.3 Å². The van der Waals surface area contributed by atoms with E-state index in [4.69, 9.17) is 10.7 Å². The van der Waals surface area contributed by atoms with Crippen molar-refractivity contribution in [2.24, 2.45) is 5.73 Å². The number of nitrogens with two attached hydrogens (primary N) is 1. The Balaban J connectivity index is 1.28. The first-order valence-corrected chi connectivity index (χ1v) is 12.5. The number of nitrogens with zero attached hydrogens (tertiary/aromatic N) is 4. The molecule has 1 unspecified atom stereocenters. The molecule has 1 fully saturated rings. The molecule has 0 spiro atoms. The van der Waals surface area contributed by atoms with E-state index in [1.54, 1.807) is 29.0 Å².